The molecule has 2 heterocycles. The minimum atomic E-state index is -4.05. The zero-order valence-electron chi connectivity index (χ0n) is 14.7. The van der Waals surface area contributed by atoms with Crippen LogP contribution < -0.4 is 5.14 Å². The number of amides is 1. The molecule has 1 unspecified atom stereocenters. The maximum Gasteiger partial charge on any atom is 0.337 e. The van der Waals surface area contributed by atoms with Gasteiger partial charge in [-0.05, 0) is 48.6 Å². The fraction of sp³-hybridized carbons (Fsp3) is 0.278. The number of rotatable bonds is 5. The topological polar surface area (TPSA) is 131 Å². The number of nitrogens with two attached hydrogens (primary N) is 1. The van der Waals surface area contributed by atoms with Crippen molar-refractivity contribution in [1.29, 1.82) is 0 Å². The summed E-state index contributed by atoms with van der Waals surface area (Å²) in [6, 6.07) is 4.40. The van der Waals surface area contributed by atoms with Gasteiger partial charge in [-0.1, -0.05) is 0 Å². The predicted octanol–water partition coefficient (Wildman–Crippen LogP) is 1.27. The van der Waals surface area contributed by atoms with Gasteiger partial charge >= 0.3 is 5.97 Å². The third kappa shape index (κ3) is 4.34. The maximum absolute atomic E-state index is 14.1. The van der Waals surface area contributed by atoms with Crippen LogP contribution in [0, 0.1) is 11.7 Å². The van der Waals surface area contributed by atoms with Crippen LogP contribution in [0.3, 0.4) is 0 Å². The van der Waals surface area contributed by atoms with E-state index in [1.54, 1.807) is 6.20 Å². The molecule has 1 aromatic heterocycles. The summed E-state index contributed by atoms with van der Waals surface area (Å²) in [6.07, 6.45) is 4.01. The number of benzene rings is 1. The second kappa shape index (κ2) is 7.64. The molecule has 0 aliphatic carbocycles. The van der Waals surface area contributed by atoms with E-state index in [-0.39, 0.29) is 21.9 Å². The first-order valence-corrected chi connectivity index (χ1v) is 9.98. The third-order valence-corrected chi connectivity index (χ3v) is 5.55. The Hall–Kier alpha value is -2.85. The van der Waals surface area contributed by atoms with Crippen molar-refractivity contribution >= 4 is 21.9 Å². The fourth-order valence-corrected chi connectivity index (χ4v) is 3.79. The molecule has 0 saturated carbocycles. The van der Waals surface area contributed by atoms with Gasteiger partial charge in [-0.15, -0.1) is 0 Å². The van der Waals surface area contributed by atoms with Gasteiger partial charge in [0.25, 0.3) is 5.91 Å². The van der Waals surface area contributed by atoms with E-state index in [0.717, 1.165) is 23.8 Å². The van der Waals surface area contributed by atoms with Gasteiger partial charge in [0.2, 0.25) is 10.0 Å². The van der Waals surface area contributed by atoms with Crippen LogP contribution in [0.5, 0.6) is 0 Å². The largest absolute Gasteiger partial charge is 0.478 e. The van der Waals surface area contributed by atoms with Gasteiger partial charge < -0.3 is 10.0 Å². The van der Waals surface area contributed by atoms with Crippen LogP contribution >= 0.6 is 0 Å². The van der Waals surface area contributed by atoms with Crippen LogP contribution in [0.2, 0.25) is 0 Å². The highest BCUT2D eigenvalue weighted by Crippen LogP contribution is 2.24. The summed E-state index contributed by atoms with van der Waals surface area (Å²) in [5.41, 5.74) is 0.480. The standard InChI is InChI=1S/C18H18FN3O5S/c19-16-2-1-14(28(20,26)27)7-15(16)17(23)22-4-3-11(10-22)5-12-6-13(18(24)25)9-21-8-12/h1-2,6-9,11H,3-5,10H2,(H,24,25)(H2,20,26,27). The number of likely N-dealkylation sites (tertiary alicyclic amines) is 1. The van der Waals surface area contributed by atoms with Gasteiger partial charge in [-0.2, -0.15) is 0 Å². The van der Waals surface area contributed by atoms with Crippen LogP contribution in [0.25, 0.3) is 0 Å². The number of hydrogen-bond donors (Lipinski definition) is 2. The second-order valence-corrected chi connectivity index (χ2v) is 8.25. The van der Waals surface area contributed by atoms with Gasteiger partial charge in [0.15, 0.2) is 0 Å². The van der Waals surface area contributed by atoms with E-state index in [4.69, 9.17) is 10.2 Å². The van der Waals surface area contributed by atoms with Crippen LogP contribution in [-0.2, 0) is 16.4 Å². The van der Waals surface area contributed by atoms with Crippen molar-refractivity contribution in [3.8, 4) is 0 Å². The van der Waals surface area contributed by atoms with E-state index in [1.807, 2.05) is 0 Å². The number of carbonyl (C=O) groups is 2. The number of nitrogens with zero attached hydrogens (tertiary/aromatic N) is 2. The lowest BCUT2D eigenvalue weighted by Crippen LogP contribution is -2.30. The highest BCUT2D eigenvalue weighted by molar-refractivity contribution is 7.89. The molecule has 0 radical (unpaired) electrons. The van der Waals surface area contributed by atoms with Crippen molar-refractivity contribution in [3.63, 3.8) is 0 Å². The molecule has 10 heteroatoms. The highest BCUT2D eigenvalue weighted by Gasteiger charge is 2.29. The van der Waals surface area contributed by atoms with Crippen molar-refractivity contribution in [1.82, 2.24) is 9.88 Å². The molecule has 1 amide bonds. The molecule has 1 atom stereocenters. The molecule has 8 nitrogen and oxygen atoms in total. The van der Waals surface area contributed by atoms with Gasteiger partial charge in [0, 0.05) is 25.5 Å². The monoisotopic (exact) mass is 407 g/mol. The Balaban J connectivity index is 1.73. The van der Waals surface area contributed by atoms with Gasteiger partial charge in [-0.3, -0.25) is 9.78 Å². The van der Waals surface area contributed by atoms with E-state index in [2.05, 4.69) is 4.98 Å². The van der Waals surface area contributed by atoms with Gasteiger partial charge in [-0.25, -0.2) is 22.7 Å². The Labute approximate surface area is 160 Å². The zero-order valence-corrected chi connectivity index (χ0v) is 15.5. The SMILES string of the molecule is NS(=O)(=O)c1ccc(F)c(C(=O)N2CCC(Cc3cncc(C(=O)O)c3)C2)c1. The smallest absolute Gasteiger partial charge is 0.337 e. The van der Waals surface area contributed by atoms with E-state index >= 15 is 0 Å². The Kier molecular flexibility index (Phi) is 5.43. The first kappa shape index (κ1) is 19.9. The molecule has 3 rings (SSSR count). The van der Waals surface area contributed by atoms with Crippen LogP contribution in [0.4, 0.5) is 4.39 Å². The summed E-state index contributed by atoms with van der Waals surface area (Å²) in [5.74, 6) is -2.44. The average molecular weight is 407 g/mol. The molecule has 148 valence electrons. The predicted molar refractivity (Wildman–Crippen MR) is 96.7 cm³/mol. The summed E-state index contributed by atoms with van der Waals surface area (Å²) in [5, 5.41) is 14.1. The van der Waals surface area contributed by atoms with Crippen LogP contribution in [0.1, 0.15) is 32.7 Å². The minimum absolute atomic E-state index is 0.0549. The molecule has 1 aliphatic rings. The molecule has 1 fully saturated rings. The molecule has 1 saturated heterocycles. The summed E-state index contributed by atoms with van der Waals surface area (Å²) >= 11 is 0. The molecular formula is C18H18FN3O5S. The van der Waals surface area contributed by atoms with Crippen molar-refractivity contribution in [2.24, 2.45) is 11.1 Å². The lowest BCUT2D eigenvalue weighted by Gasteiger charge is -2.17. The number of halogens is 1. The number of sulfonamides is 1. The Morgan fingerprint density at radius 1 is 1.29 bits per heavy atom. The Bertz CT molecular complexity index is 1040. The molecule has 1 aliphatic heterocycles. The number of aromatic nitrogens is 1. The molecule has 0 spiro atoms. The van der Waals surface area contributed by atoms with Crippen LogP contribution in [-0.4, -0.2) is 48.4 Å². The summed E-state index contributed by atoms with van der Waals surface area (Å²) in [7, 11) is -4.05. The number of carboxylic acid groups (broad SMARTS) is 1. The first-order valence-electron chi connectivity index (χ1n) is 8.44. The minimum Gasteiger partial charge on any atom is -0.478 e. The highest BCUT2D eigenvalue weighted by atomic mass is 32.2. The molecule has 2 aromatic rings. The normalized spacial score (nSPS) is 16.9. The van der Waals surface area contributed by atoms with E-state index < -0.39 is 27.7 Å². The van der Waals surface area contributed by atoms with Gasteiger partial charge in [0.05, 0.1) is 16.0 Å². The number of aromatic carboxylic acids is 1. The van der Waals surface area contributed by atoms with E-state index in [1.165, 1.54) is 17.2 Å². The number of primary sulfonamides is 1. The molecule has 0 bridgehead atoms. The summed E-state index contributed by atoms with van der Waals surface area (Å²) < 4.78 is 37.0. The van der Waals surface area contributed by atoms with Gasteiger partial charge in [0.1, 0.15) is 5.82 Å². The number of carbonyl (C=O) groups excluding carboxylic acids is 1. The van der Waals surface area contributed by atoms with Crippen molar-refractivity contribution < 1.29 is 27.5 Å². The van der Waals surface area contributed by atoms with E-state index in [0.29, 0.717) is 25.9 Å². The third-order valence-electron chi connectivity index (χ3n) is 4.64. The first-order chi connectivity index (χ1) is 13.1. The molecule has 3 N–H and O–H groups in total. The number of hydrogen-bond acceptors (Lipinski definition) is 5. The van der Waals surface area contributed by atoms with E-state index in [9.17, 15) is 22.4 Å². The molecular weight excluding hydrogens is 389 g/mol. The summed E-state index contributed by atoms with van der Waals surface area (Å²) in [4.78, 5) is 28.7. The second-order valence-electron chi connectivity index (χ2n) is 6.68. The molecule has 28 heavy (non-hydrogen) atoms. The lowest BCUT2D eigenvalue weighted by atomic mass is 9.99. The van der Waals surface area contributed by atoms with Crippen molar-refractivity contribution in [3.05, 3.63) is 59.2 Å². The fourth-order valence-electron chi connectivity index (χ4n) is 3.25. The average Bonchev–Trinajstić information content (AvgIpc) is 3.09. The quantitative estimate of drug-likeness (QED) is 0.767. The Morgan fingerprint density at radius 3 is 2.71 bits per heavy atom. The summed E-state index contributed by atoms with van der Waals surface area (Å²) in [6.45, 7) is 0.726. The zero-order chi connectivity index (χ0) is 20.5. The Morgan fingerprint density at radius 2 is 2.04 bits per heavy atom. The van der Waals surface area contributed by atoms with Crippen LogP contribution in [0.15, 0.2) is 41.6 Å². The lowest BCUT2D eigenvalue weighted by molar-refractivity contribution is 0.0695. The van der Waals surface area contributed by atoms with Crippen molar-refractivity contribution in [2.75, 3.05) is 13.1 Å². The maximum atomic E-state index is 14.1. The number of carboxylic acids is 1. The molecule has 1 aromatic carbocycles. The van der Waals surface area contributed by atoms with Crippen molar-refractivity contribution in [2.45, 2.75) is 17.7 Å². The number of pyridine rings is 1.